The minimum Gasteiger partial charge on any atom is -0.392 e. The number of hydrogen-bond acceptors (Lipinski definition) is 6. The van der Waals surface area contributed by atoms with Crippen LogP contribution in [-0.4, -0.2) is 68.0 Å². The molecule has 2 aliphatic carbocycles. The van der Waals surface area contributed by atoms with Gasteiger partial charge in [0.15, 0.2) is 5.13 Å². The number of amides is 1. The molecule has 192 valence electrons. The van der Waals surface area contributed by atoms with E-state index in [1.807, 2.05) is 6.92 Å². The summed E-state index contributed by atoms with van der Waals surface area (Å²) < 4.78 is 5.42. The van der Waals surface area contributed by atoms with Gasteiger partial charge >= 0.3 is 0 Å². The zero-order valence-corrected chi connectivity index (χ0v) is 22.3. The molecule has 1 aliphatic heterocycles. The van der Waals surface area contributed by atoms with Gasteiger partial charge in [-0.2, -0.15) is 0 Å². The SMILES string of the molecule is CCCCNc1nc2c(s1)C[C@]1(C)CC[C@H]([C@H](C)C(=O)NCC[NH+]3CCOCC3)[C@H](O)[C@H]1[C@@H]2C. The Morgan fingerprint density at radius 3 is 2.85 bits per heavy atom. The van der Waals surface area contributed by atoms with Crippen molar-refractivity contribution >= 4 is 22.4 Å². The molecule has 4 N–H and O–H groups in total. The Bertz CT molecular complexity index is 827. The van der Waals surface area contributed by atoms with E-state index in [9.17, 15) is 9.90 Å². The zero-order chi connectivity index (χ0) is 24.3. The van der Waals surface area contributed by atoms with Gasteiger partial charge in [-0.15, -0.1) is 11.3 Å². The second-order valence-electron chi connectivity index (χ2n) is 11.1. The molecule has 0 radical (unpaired) electrons. The number of nitrogens with zero attached hydrogens (tertiary/aromatic N) is 1. The van der Waals surface area contributed by atoms with E-state index in [1.165, 1.54) is 16.2 Å². The number of ether oxygens (including phenoxy) is 1. The smallest absolute Gasteiger partial charge is 0.223 e. The van der Waals surface area contributed by atoms with Crippen molar-refractivity contribution < 1.29 is 19.5 Å². The number of quaternary nitrogens is 1. The van der Waals surface area contributed by atoms with Crippen LogP contribution in [0.5, 0.6) is 0 Å². The Kier molecular flexibility index (Phi) is 8.54. The Morgan fingerprint density at radius 1 is 1.35 bits per heavy atom. The first kappa shape index (κ1) is 25.9. The van der Waals surface area contributed by atoms with Crippen molar-refractivity contribution in [2.45, 2.75) is 71.8 Å². The summed E-state index contributed by atoms with van der Waals surface area (Å²) in [6, 6.07) is 0. The van der Waals surface area contributed by atoms with Gasteiger partial charge in [-0.3, -0.25) is 4.79 Å². The number of hydrogen-bond donors (Lipinski definition) is 4. The van der Waals surface area contributed by atoms with Crippen LogP contribution in [0.3, 0.4) is 0 Å². The molecule has 1 saturated heterocycles. The first-order valence-electron chi connectivity index (χ1n) is 13.4. The molecular weight excluding hydrogens is 448 g/mol. The number of aliphatic hydroxyl groups is 1. The maximum Gasteiger partial charge on any atom is 0.223 e. The van der Waals surface area contributed by atoms with Gasteiger partial charge in [0.2, 0.25) is 5.91 Å². The maximum atomic E-state index is 13.0. The minimum absolute atomic E-state index is 0.00130. The first-order valence-corrected chi connectivity index (χ1v) is 14.3. The van der Waals surface area contributed by atoms with E-state index in [4.69, 9.17) is 9.72 Å². The number of fused-ring (bicyclic) bond motifs is 2. The Balaban J connectivity index is 1.38. The fourth-order valence-electron chi connectivity index (χ4n) is 6.62. The van der Waals surface area contributed by atoms with Gasteiger partial charge in [0.25, 0.3) is 0 Å². The quantitative estimate of drug-likeness (QED) is 0.396. The summed E-state index contributed by atoms with van der Waals surface area (Å²) in [4.78, 5) is 20.8. The molecule has 0 aromatic carbocycles. The van der Waals surface area contributed by atoms with Crippen molar-refractivity contribution in [1.29, 1.82) is 0 Å². The van der Waals surface area contributed by atoms with Crippen molar-refractivity contribution in [1.82, 2.24) is 10.3 Å². The molecule has 1 aromatic rings. The number of aromatic nitrogens is 1. The molecule has 0 unspecified atom stereocenters. The van der Waals surface area contributed by atoms with Crippen LogP contribution in [0.4, 0.5) is 5.13 Å². The lowest BCUT2D eigenvalue weighted by Crippen LogP contribution is -3.14. The lowest BCUT2D eigenvalue weighted by Gasteiger charge is -2.53. The second-order valence-corrected chi connectivity index (χ2v) is 12.2. The van der Waals surface area contributed by atoms with Gasteiger partial charge in [0, 0.05) is 23.3 Å². The van der Waals surface area contributed by atoms with E-state index in [2.05, 4.69) is 31.4 Å². The maximum absolute atomic E-state index is 13.0. The number of carbonyl (C=O) groups excluding carboxylic acids is 1. The van der Waals surface area contributed by atoms with Gasteiger partial charge < -0.3 is 25.4 Å². The number of anilines is 1. The Hall–Kier alpha value is -1.22. The predicted octanol–water partition coefficient (Wildman–Crippen LogP) is 2.08. The van der Waals surface area contributed by atoms with Crippen LogP contribution >= 0.6 is 11.3 Å². The molecule has 3 aliphatic rings. The van der Waals surface area contributed by atoms with Crippen LogP contribution in [0.2, 0.25) is 0 Å². The third-order valence-corrected chi connectivity index (χ3v) is 9.79. The Labute approximate surface area is 209 Å². The number of thiazole rings is 1. The third-order valence-electron chi connectivity index (χ3n) is 8.76. The summed E-state index contributed by atoms with van der Waals surface area (Å²) >= 11 is 1.80. The highest BCUT2D eigenvalue weighted by Crippen LogP contribution is 2.57. The van der Waals surface area contributed by atoms with Gasteiger partial charge in [0.05, 0.1) is 38.1 Å². The van der Waals surface area contributed by atoms with Gasteiger partial charge in [0.1, 0.15) is 13.1 Å². The van der Waals surface area contributed by atoms with Crippen LogP contribution in [-0.2, 0) is 16.0 Å². The summed E-state index contributed by atoms with van der Waals surface area (Å²) in [6.07, 6.45) is 4.77. The number of aliphatic hydroxyl groups excluding tert-OH is 1. The van der Waals surface area contributed by atoms with Crippen LogP contribution in [0.15, 0.2) is 0 Å². The fraction of sp³-hybridized carbons (Fsp3) is 0.846. The third kappa shape index (κ3) is 5.45. The second kappa shape index (κ2) is 11.2. The van der Waals surface area contributed by atoms with E-state index >= 15 is 0 Å². The highest BCUT2D eigenvalue weighted by Gasteiger charge is 2.53. The monoisotopic (exact) mass is 493 g/mol. The summed E-state index contributed by atoms with van der Waals surface area (Å²) in [5, 5.41) is 19.3. The number of carbonyl (C=O) groups is 1. The van der Waals surface area contributed by atoms with E-state index in [0.29, 0.717) is 6.54 Å². The van der Waals surface area contributed by atoms with Crippen molar-refractivity contribution in [3.05, 3.63) is 10.6 Å². The molecule has 8 heteroatoms. The van der Waals surface area contributed by atoms with Crippen LogP contribution in [0.25, 0.3) is 0 Å². The predicted molar refractivity (Wildman–Crippen MR) is 137 cm³/mol. The summed E-state index contributed by atoms with van der Waals surface area (Å²) in [5.41, 5.74) is 1.22. The van der Waals surface area contributed by atoms with Gasteiger partial charge in [-0.05, 0) is 42.9 Å². The van der Waals surface area contributed by atoms with Crippen LogP contribution in [0.1, 0.15) is 69.9 Å². The largest absolute Gasteiger partial charge is 0.392 e. The topological polar surface area (TPSA) is 87.9 Å². The number of morpholine rings is 1. The lowest BCUT2D eigenvalue weighted by molar-refractivity contribution is -0.906. The molecule has 1 aromatic heterocycles. The lowest BCUT2D eigenvalue weighted by atomic mass is 9.53. The van der Waals surface area contributed by atoms with Crippen LogP contribution < -0.4 is 15.5 Å². The summed E-state index contributed by atoms with van der Waals surface area (Å²) in [5.74, 6) is 0.232. The first-order chi connectivity index (χ1) is 16.3. The molecule has 1 saturated carbocycles. The average Bonchev–Trinajstić information content (AvgIpc) is 3.22. The zero-order valence-electron chi connectivity index (χ0n) is 21.5. The molecule has 2 fully saturated rings. The summed E-state index contributed by atoms with van der Waals surface area (Å²) in [6.45, 7) is 15.0. The molecule has 2 heterocycles. The van der Waals surface area contributed by atoms with Crippen molar-refractivity contribution in [2.24, 2.45) is 23.2 Å². The number of nitrogens with one attached hydrogen (secondary N) is 3. The molecule has 34 heavy (non-hydrogen) atoms. The van der Waals surface area contributed by atoms with Crippen molar-refractivity contribution in [3.8, 4) is 0 Å². The van der Waals surface area contributed by atoms with Crippen LogP contribution in [0, 0.1) is 23.2 Å². The highest BCUT2D eigenvalue weighted by molar-refractivity contribution is 7.15. The fourth-order valence-corrected chi connectivity index (χ4v) is 7.91. The minimum atomic E-state index is -0.481. The van der Waals surface area contributed by atoms with E-state index in [-0.39, 0.29) is 35.0 Å². The number of rotatable bonds is 9. The molecule has 1 amide bonds. The molecule has 0 bridgehead atoms. The Morgan fingerprint density at radius 2 is 2.12 bits per heavy atom. The normalized spacial score (nSPS) is 32.5. The molecular formula is C26H45N4O3S+. The van der Waals surface area contributed by atoms with E-state index in [1.54, 1.807) is 11.3 Å². The van der Waals surface area contributed by atoms with E-state index in [0.717, 1.165) is 75.9 Å². The van der Waals surface area contributed by atoms with Gasteiger partial charge in [-0.25, -0.2) is 4.98 Å². The highest BCUT2D eigenvalue weighted by atomic mass is 32.1. The van der Waals surface area contributed by atoms with Crippen molar-refractivity contribution in [2.75, 3.05) is 51.3 Å². The van der Waals surface area contributed by atoms with Crippen molar-refractivity contribution in [3.63, 3.8) is 0 Å². The number of unbranched alkanes of at least 4 members (excludes halogenated alkanes) is 1. The van der Waals surface area contributed by atoms with E-state index < -0.39 is 6.10 Å². The molecule has 7 nitrogen and oxygen atoms in total. The standard InChI is InChI=1S/C26H44N4O3S/c1-5-6-9-28-25-29-22-18(3)21-23(31)19(7-8-26(21,4)16-20(22)34-25)17(2)24(32)27-10-11-30-12-14-33-15-13-30/h17-19,21,23,31H,5-16H2,1-4H3,(H,27,32)(H,28,29)/p+1/t17-,18-,19+,21+,23-,26-/m0/s1. The molecule has 0 spiro atoms. The summed E-state index contributed by atoms with van der Waals surface area (Å²) in [7, 11) is 0. The molecule has 6 atom stereocenters. The molecule has 4 rings (SSSR count). The average molecular weight is 494 g/mol. The van der Waals surface area contributed by atoms with Gasteiger partial charge in [-0.1, -0.05) is 34.1 Å².